The maximum atomic E-state index is 13.0. The van der Waals surface area contributed by atoms with Crippen molar-refractivity contribution in [2.24, 2.45) is 0 Å². The van der Waals surface area contributed by atoms with E-state index in [9.17, 15) is 13.2 Å². The topological polar surface area (TPSA) is 130 Å². The number of fused-ring (bicyclic) bond motifs is 1. The van der Waals surface area contributed by atoms with E-state index in [1.807, 2.05) is 6.07 Å². The number of hydrogen-bond acceptors (Lipinski definition) is 8. The number of urea groups is 1. The van der Waals surface area contributed by atoms with Crippen molar-refractivity contribution in [3.8, 4) is 11.3 Å². The summed E-state index contributed by atoms with van der Waals surface area (Å²) in [7, 11) is -3.41. The molecular weight excluding hydrogens is 418 g/mol. The highest BCUT2D eigenvalue weighted by Crippen LogP contribution is 2.30. The summed E-state index contributed by atoms with van der Waals surface area (Å²) < 4.78 is 23.8. The number of hydrogen-bond donors (Lipinski definition) is 2. The molecule has 4 rings (SSSR count). The lowest BCUT2D eigenvalue weighted by Crippen LogP contribution is -2.38. The molecule has 2 N–H and O–H groups in total. The number of nitrogens with one attached hydrogen (secondary N) is 2. The zero-order chi connectivity index (χ0) is 21.8. The van der Waals surface area contributed by atoms with Crippen molar-refractivity contribution < 1.29 is 13.2 Å². The second-order valence-corrected chi connectivity index (χ2v) is 9.07. The van der Waals surface area contributed by atoms with Gasteiger partial charge in [0.05, 0.1) is 22.5 Å². The van der Waals surface area contributed by atoms with Crippen LogP contribution < -0.4 is 15.5 Å². The number of aromatic nitrogens is 4. The molecule has 11 heteroatoms. The average Bonchev–Trinajstić information content (AvgIpc) is 2.74. The summed E-state index contributed by atoms with van der Waals surface area (Å²) in [4.78, 5) is 31.4. The number of amides is 2. The third kappa shape index (κ3) is 4.77. The van der Waals surface area contributed by atoms with Gasteiger partial charge in [-0.25, -0.2) is 23.2 Å². The van der Waals surface area contributed by atoms with Gasteiger partial charge < -0.3 is 5.32 Å². The molecule has 0 saturated heterocycles. The Labute approximate surface area is 179 Å². The Morgan fingerprint density at radius 1 is 1.13 bits per heavy atom. The molecule has 0 spiro atoms. The molecular formula is C20H21N7O3S. The lowest BCUT2D eigenvalue weighted by atomic mass is 10.1. The van der Waals surface area contributed by atoms with Crippen molar-refractivity contribution >= 4 is 33.2 Å². The van der Waals surface area contributed by atoms with Gasteiger partial charge in [0.25, 0.3) is 0 Å². The number of anilines is 3. The SMILES string of the molecule is CS(=O)(=O)c1cncc(-c2ccc3c(n2)N(C(=O)Nc2cnccn2)CCCCN3)c1. The molecule has 3 aromatic rings. The predicted molar refractivity (Wildman–Crippen MR) is 117 cm³/mol. The number of sulfone groups is 1. The van der Waals surface area contributed by atoms with Crippen LogP contribution in [-0.4, -0.2) is 53.7 Å². The van der Waals surface area contributed by atoms with Gasteiger partial charge in [-0.05, 0) is 31.0 Å². The fourth-order valence-electron chi connectivity index (χ4n) is 3.18. The molecule has 0 aliphatic carbocycles. The number of pyridine rings is 2. The number of carbonyl (C=O) groups is 1. The van der Waals surface area contributed by atoms with Crippen molar-refractivity contribution in [2.75, 3.05) is 34.9 Å². The van der Waals surface area contributed by atoms with Crippen LogP contribution in [0.25, 0.3) is 11.3 Å². The van der Waals surface area contributed by atoms with Crippen molar-refractivity contribution in [3.05, 3.63) is 49.2 Å². The summed E-state index contributed by atoms with van der Waals surface area (Å²) in [6, 6.07) is 4.75. The number of nitrogens with zero attached hydrogens (tertiary/aromatic N) is 5. The lowest BCUT2D eigenvalue weighted by Gasteiger charge is -2.27. The van der Waals surface area contributed by atoms with Gasteiger partial charge in [-0.1, -0.05) is 0 Å². The van der Waals surface area contributed by atoms with Gasteiger partial charge in [-0.3, -0.25) is 20.2 Å². The maximum Gasteiger partial charge on any atom is 0.328 e. The van der Waals surface area contributed by atoms with Crippen LogP contribution in [0.4, 0.5) is 22.1 Å². The molecule has 1 aliphatic rings. The van der Waals surface area contributed by atoms with Crippen LogP contribution in [0.5, 0.6) is 0 Å². The molecule has 0 aromatic carbocycles. The molecule has 0 unspecified atom stereocenters. The highest BCUT2D eigenvalue weighted by atomic mass is 32.2. The summed E-state index contributed by atoms with van der Waals surface area (Å²) in [5.74, 6) is 0.786. The summed E-state index contributed by atoms with van der Waals surface area (Å²) in [5, 5.41) is 6.05. The number of carbonyl (C=O) groups excluding carboxylic acids is 1. The third-order valence-electron chi connectivity index (χ3n) is 4.74. The molecule has 0 fully saturated rings. The maximum absolute atomic E-state index is 13.0. The van der Waals surface area contributed by atoms with Gasteiger partial charge in [0.1, 0.15) is 0 Å². The molecule has 4 heterocycles. The van der Waals surface area contributed by atoms with Crippen LogP contribution in [0, 0.1) is 0 Å². The molecule has 31 heavy (non-hydrogen) atoms. The van der Waals surface area contributed by atoms with Crippen molar-refractivity contribution in [2.45, 2.75) is 17.7 Å². The van der Waals surface area contributed by atoms with E-state index in [4.69, 9.17) is 0 Å². The first-order chi connectivity index (χ1) is 14.9. The molecule has 1 aliphatic heterocycles. The second kappa shape index (κ2) is 8.64. The van der Waals surface area contributed by atoms with Gasteiger partial charge in [-0.15, -0.1) is 0 Å². The van der Waals surface area contributed by atoms with E-state index in [0.29, 0.717) is 35.1 Å². The van der Waals surface area contributed by atoms with E-state index in [1.54, 1.807) is 17.2 Å². The quantitative estimate of drug-likeness (QED) is 0.637. The van der Waals surface area contributed by atoms with Gasteiger partial charge in [-0.2, -0.15) is 0 Å². The standard InChI is InChI=1S/C20H21N7O3S/c1-31(29,30)15-10-14(11-22-12-15)16-4-5-17-19(25-16)27(9-3-2-6-23-17)20(28)26-18-13-21-7-8-24-18/h4-5,7-8,10-13,23H,2-3,6,9H2,1H3,(H,24,26,28). The molecule has 0 radical (unpaired) electrons. The first-order valence-electron chi connectivity index (χ1n) is 9.67. The van der Waals surface area contributed by atoms with Crippen LogP contribution in [0.3, 0.4) is 0 Å². The Balaban J connectivity index is 1.72. The lowest BCUT2D eigenvalue weighted by molar-refractivity contribution is 0.256. The minimum absolute atomic E-state index is 0.105. The summed E-state index contributed by atoms with van der Waals surface area (Å²) >= 11 is 0. The Hall–Kier alpha value is -3.60. The highest BCUT2D eigenvalue weighted by Gasteiger charge is 2.23. The largest absolute Gasteiger partial charge is 0.382 e. The van der Waals surface area contributed by atoms with E-state index < -0.39 is 9.84 Å². The van der Waals surface area contributed by atoms with Crippen molar-refractivity contribution in [3.63, 3.8) is 0 Å². The molecule has 0 atom stereocenters. The fourth-order valence-corrected chi connectivity index (χ4v) is 3.77. The minimum Gasteiger partial charge on any atom is -0.382 e. The first-order valence-corrected chi connectivity index (χ1v) is 11.6. The molecule has 0 bridgehead atoms. The van der Waals surface area contributed by atoms with Gasteiger partial charge in [0, 0.05) is 49.7 Å². The summed E-state index contributed by atoms with van der Waals surface area (Å²) in [6.45, 7) is 1.23. The Kier molecular flexibility index (Phi) is 5.76. The summed E-state index contributed by atoms with van der Waals surface area (Å²) in [6.07, 6.45) is 10.2. The van der Waals surface area contributed by atoms with Crippen molar-refractivity contribution in [1.29, 1.82) is 0 Å². The van der Waals surface area contributed by atoms with Crippen LogP contribution in [0.1, 0.15) is 12.8 Å². The van der Waals surface area contributed by atoms with E-state index in [0.717, 1.165) is 25.6 Å². The zero-order valence-electron chi connectivity index (χ0n) is 16.8. The third-order valence-corrected chi connectivity index (χ3v) is 5.81. The first kappa shape index (κ1) is 20.7. The normalized spacial score (nSPS) is 14.0. The van der Waals surface area contributed by atoms with E-state index in [2.05, 4.69) is 30.6 Å². The Bertz CT molecular complexity index is 1200. The van der Waals surface area contributed by atoms with Crippen LogP contribution in [0.2, 0.25) is 0 Å². The van der Waals surface area contributed by atoms with Gasteiger partial charge >= 0.3 is 6.03 Å². The van der Waals surface area contributed by atoms with E-state index in [1.165, 1.54) is 30.9 Å². The number of rotatable bonds is 3. The zero-order valence-corrected chi connectivity index (χ0v) is 17.6. The molecule has 10 nitrogen and oxygen atoms in total. The summed E-state index contributed by atoms with van der Waals surface area (Å²) in [5.41, 5.74) is 1.77. The van der Waals surface area contributed by atoms with E-state index >= 15 is 0 Å². The fraction of sp³-hybridized carbons (Fsp3) is 0.250. The second-order valence-electron chi connectivity index (χ2n) is 7.06. The van der Waals surface area contributed by atoms with E-state index in [-0.39, 0.29) is 10.9 Å². The Morgan fingerprint density at radius 2 is 2.00 bits per heavy atom. The average molecular weight is 440 g/mol. The van der Waals surface area contributed by atoms with Crippen LogP contribution in [-0.2, 0) is 9.84 Å². The highest BCUT2D eigenvalue weighted by molar-refractivity contribution is 7.90. The monoisotopic (exact) mass is 439 g/mol. The Morgan fingerprint density at radius 3 is 2.77 bits per heavy atom. The minimum atomic E-state index is -3.41. The smallest absolute Gasteiger partial charge is 0.328 e. The molecule has 160 valence electrons. The molecule has 2 amide bonds. The van der Waals surface area contributed by atoms with Crippen molar-refractivity contribution in [1.82, 2.24) is 19.9 Å². The van der Waals surface area contributed by atoms with Gasteiger partial charge in [0.2, 0.25) is 0 Å². The molecule has 0 saturated carbocycles. The van der Waals surface area contributed by atoms with Crippen LogP contribution in [0.15, 0.2) is 54.1 Å². The molecule has 3 aromatic heterocycles. The van der Waals surface area contributed by atoms with Gasteiger partial charge in [0.15, 0.2) is 21.5 Å². The van der Waals surface area contributed by atoms with Crippen LogP contribution >= 0.6 is 0 Å². The predicted octanol–water partition coefficient (Wildman–Crippen LogP) is 2.58.